The van der Waals surface area contributed by atoms with Gasteiger partial charge in [-0.2, -0.15) is 0 Å². The lowest BCUT2D eigenvalue weighted by atomic mass is 10.1. The minimum atomic E-state index is -0.322. The van der Waals surface area contributed by atoms with Crippen molar-refractivity contribution in [2.24, 2.45) is 5.92 Å². The molecule has 4 heteroatoms. The molecule has 0 radical (unpaired) electrons. The second-order valence-corrected chi connectivity index (χ2v) is 4.92. The maximum absolute atomic E-state index is 13.3. The lowest BCUT2D eigenvalue weighted by Gasteiger charge is -2.15. The van der Waals surface area contributed by atoms with Gasteiger partial charge in [0.1, 0.15) is 0 Å². The van der Waals surface area contributed by atoms with Gasteiger partial charge in [-0.25, -0.2) is 4.39 Å². The van der Waals surface area contributed by atoms with E-state index in [4.69, 9.17) is 4.74 Å². The third kappa shape index (κ3) is 3.69. The molecule has 1 amide bonds. The molecule has 0 bridgehead atoms. The molecule has 2 rings (SSSR count). The van der Waals surface area contributed by atoms with Crippen molar-refractivity contribution in [1.29, 1.82) is 0 Å². The Bertz CT molecular complexity index is 436. The molecule has 1 aliphatic rings. The normalized spacial score (nSPS) is 18.6. The van der Waals surface area contributed by atoms with Gasteiger partial charge in [-0.1, -0.05) is 19.1 Å². The number of para-hydroxylation sites is 1. The number of halogens is 1. The monoisotopic (exact) mass is 265 g/mol. The summed E-state index contributed by atoms with van der Waals surface area (Å²) in [7, 11) is 0. The molecule has 1 unspecified atom stereocenters. The van der Waals surface area contributed by atoms with Gasteiger partial charge in [0.15, 0.2) is 11.6 Å². The maximum atomic E-state index is 13.3. The first kappa shape index (κ1) is 13.8. The predicted octanol–water partition coefficient (Wildman–Crippen LogP) is 2.85. The Hall–Kier alpha value is -1.58. The van der Waals surface area contributed by atoms with Crippen molar-refractivity contribution < 1.29 is 13.9 Å². The molecular weight excluding hydrogens is 245 g/mol. The minimum Gasteiger partial charge on any atom is -0.491 e. The van der Waals surface area contributed by atoms with Crippen molar-refractivity contribution in [1.82, 2.24) is 4.90 Å². The number of benzene rings is 1. The molecule has 1 aromatic carbocycles. The number of hydrogen-bond donors (Lipinski definition) is 0. The summed E-state index contributed by atoms with van der Waals surface area (Å²) >= 11 is 0. The number of rotatable bonds is 5. The topological polar surface area (TPSA) is 29.5 Å². The number of amides is 1. The van der Waals surface area contributed by atoms with Crippen LogP contribution in [0.3, 0.4) is 0 Å². The zero-order valence-electron chi connectivity index (χ0n) is 11.3. The van der Waals surface area contributed by atoms with Crippen LogP contribution in [0.5, 0.6) is 5.75 Å². The van der Waals surface area contributed by atoms with Crippen LogP contribution < -0.4 is 4.74 Å². The molecular formula is C15H20FNO2. The smallest absolute Gasteiger partial charge is 0.222 e. The van der Waals surface area contributed by atoms with Crippen molar-refractivity contribution in [2.45, 2.75) is 26.2 Å². The fraction of sp³-hybridized carbons (Fsp3) is 0.533. The van der Waals surface area contributed by atoms with Gasteiger partial charge in [0.2, 0.25) is 5.91 Å². The van der Waals surface area contributed by atoms with Crippen LogP contribution in [0.2, 0.25) is 0 Å². The van der Waals surface area contributed by atoms with E-state index in [0.29, 0.717) is 24.7 Å². The zero-order chi connectivity index (χ0) is 13.7. The summed E-state index contributed by atoms with van der Waals surface area (Å²) in [6, 6.07) is 6.44. The van der Waals surface area contributed by atoms with Crippen molar-refractivity contribution in [3.63, 3.8) is 0 Å². The van der Waals surface area contributed by atoms with E-state index < -0.39 is 0 Å². The predicted molar refractivity (Wildman–Crippen MR) is 71.5 cm³/mol. The Morgan fingerprint density at radius 1 is 1.47 bits per heavy atom. The molecule has 19 heavy (non-hydrogen) atoms. The largest absolute Gasteiger partial charge is 0.491 e. The molecule has 0 aliphatic carbocycles. The van der Waals surface area contributed by atoms with Gasteiger partial charge in [-0.3, -0.25) is 4.79 Å². The van der Waals surface area contributed by atoms with E-state index in [2.05, 4.69) is 0 Å². The summed E-state index contributed by atoms with van der Waals surface area (Å²) in [6.07, 6.45) is 2.45. The Morgan fingerprint density at radius 2 is 2.26 bits per heavy atom. The van der Waals surface area contributed by atoms with Crippen LogP contribution in [0.15, 0.2) is 24.3 Å². The third-order valence-corrected chi connectivity index (χ3v) is 3.56. The zero-order valence-corrected chi connectivity index (χ0v) is 11.3. The summed E-state index contributed by atoms with van der Waals surface area (Å²) in [4.78, 5) is 13.5. The highest BCUT2D eigenvalue weighted by atomic mass is 19.1. The van der Waals surface area contributed by atoms with E-state index in [-0.39, 0.29) is 11.7 Å². The molecule has 1 atom stereocenters. The molecule has 1 fully saturated rings. The average molecular weight is 265 g/mol. The summed E-state index contributed by atoms with van der Waals surface area (Å²) in [5, 5.41) is 0. The summed E-state index contributed by atoms with van der Waals surface area (Å²) in [6.45, 7) is 4.04. The number of carbonyl (C=O) groups is 1. The quantitative estimate of drug-likeness (QED) is 0.819. The summed E-state index contributed by atoms with van der Waals surface area (Å²) < 4.78 is 18.8. The number of nitrogens with zero attached hydrogens (tertiary/aromatic N) is 1. The molecule has 0 N–H and O–H groups in total. The van der Waals surface area contributed by atoms with Crippen LogP contribution in [-0.2, 0) is 4.79 Å². The minimum absolute atomic E-state index is 0.220. The first-order chi connectivity index (χ1) is 9.20. The molecule has 0 aromatic heterocycles. The lowest BCUT2D eigenvalue weighted by Crippen LogP contribution is -2.27. The standard InChI is InChI=1S/C15H20FNO2/c1-2-15(18)17-9-7-12(11-17)8-10-19-14-6-4-3-5-13(14)16/h3-6,12H,2,7-11H2,1H3. The molecule has 104 valence electrons. The highest BCUT2D eigenvalue weighted by molar-refractivity contribution is 5.76. The van der Waals surface area contributed by atoms with Crippen molar-refractivity contribution in [3.8, 4) is 5.75 Å². The highest BCUT2D eigenvalue weighted by Gasteiger charge is 2.24. The second kappa shape index (κ2) is 6.55. The summed E-state index contributed by atoms with van der Waals surface area (Å²) in [5.74, 6) is 0.679. The van der Waals surface area contributed by atoms with Crippen LogP contribution in [0.25, 0.3) is 0 Å². The molecule has 0 saturated carbocycles. The first-order valence-corrected chi connectivity index (χ1v) is 6.85. The van der Waals surface area contributed by atoms with Crippen LogP contribution in [0.1, 0.15) is 26.2 Å². The Labute approximate surface area is 113 Å². The van der Waals surface area contributed by atoms with E-state index in [1.807, 2.05) is 11.8 Å². The van der Waals surface area contributed by atoms with Gasteiger partial charge >= 0.3 is 0 Å². The van der Waals surface area contributed by atoms with Gasteiger partial charge < -0.3 is 9.64 Å². The van der Waals surface area contributed by atoms with E-state index in [0.717, 1.165) is 25.9 Å². The number of hydrogen-bond acceptors (Lipinski definition) is 2. The maximum Gasteiger partial charge on any atom is 0.222 e. The lowest BCUT2D eigenvalue weighted by molar-refractivity contribution is -0.129. The third-order valence-electron chi connectivity index (χ3n) is 3.56. The number of likely N-dealkylation sites (tertiary alicyclic amines) is 1. The molecule has 3 nitrogen and oxygen atoms in total. The SMILES string of the molecule is CCC(=O)N1CCC(CCOc2ccccc2F)C1. The van der Waals surface area contributed by atoms with Crippen LogP contribution in [-0.4, -0.2) is 30.5 Å². The van der Waals surface area contributed by atoms with E-state index in [9.17, 15) is 9.18 Å². The molecule has 0 spiro atoms. The van der Waals surface area contributed by atoms with Crippen molar-refractivity contribution in [2.75, 3.05) is 19.7 Å². The van der Waals surface area contributed by atoms with Gasteiger partial charge in [0, 0.05) is 19.5 Å². The van der Waals surface area contributed by atoms with Gasteiger partial charge in [-0.15, -0.1) is 0 Å². The molecule has 1 aliphatic heterocycles. The van der Waals surface area contributed by atoms with E-state index in [1.54, 1.807) is 18.2 Å². The van der Waals surface area contributed by atoms with Crippen molar-refractivity contribution >= 4 is 5.91 Å². The number of carbonyl (C=O) groups excluding carboxylic acids is 1. The van der Waals surface area contributed by atoms with Crippen molar-refractivity contribution in [3.05, 3.63) is 30.1 Å². The highest BCUT2D eigenvalue weighted by Crippen LogP contribution is 2.21. The Morgan fingerprint density at radius 3 is 3.00 bits per heavy atom. The molecule has 1 aromatic rings. The van der Waals surface area contributed by atoms with Crippen LogP contribution in [0.4, 0.5) is 4.39 Å². The van der Waals surface area contributed by atoms with Gasteiger partial charge in [0.05, 0.1) is 6.61 Å². The van der Waals surface area contributed by atoms with Gasteiger partial charge in [0.25, 0.3) is 0 Å². The van der Waals surface area contributed by atoms with E-state index >= 15 is 0 Å². The van der Waals surface area contributed by atoms with Crippen LogP contribution >= 0.6 is 0 Å². The van der Waals surface area contributed by atoms with Crippen LogP contribution in [0, 0.1) is 11.7 Å². The Balaban J connectivity index is 1.73. The Kier molecular flexibility index (Phi) is 4.77. The summed E-state index contributed by atoms with van der Waals surface area (Å²) in [5.41, 5.74) is 0. The first-order valence-electron chi connectivity index (χ1n) is 6.85. The second-order valence-electron chi connectivity index (χ2n) is 4.92. The fourth-order valence-corrected chi connectivity index (χ4v) is 2.42. The average Bonchev–Trinajstić information content (AvgIpc) is 2.89. The molecule has 1 heterocycles. The van der Waals surface area contributed by atoms with E-state index in [1.165, 1.54) is 6.07 Å². The fourth-order valence-electron chi connectivity index (χ4n) is 2.42. The molecule has 1 saturated heterocycles. The number of ether oxygens (including phenoxy) is 1. The van der Waals surface area contributed by atoms with Gasteiger partial charge in [-0.05, 0) is 30.9 Å².